The van der Waals surface area contributed by atoms with E-state index in [0.29, 0.717) is 11.3 Å². The van der Waals surface area contributed by atoms with Crippen LogP contribution in [0.4, 0.5) is 4.39 Å². The summed E-state index contributed by atoms with van der Waals surface area (Å²) in [5, 5.41) is 0. The molecule has 0 aromatic heterocycles. The summed E-state index contributed by atoms with van der Waals surface area (Å²) >= 11 is 0. The summed E-state index contributed by atoms with van der Waals surface area (Å²) in [6, 6.07) is 6.84. The highest BCUT2D eigenvalue weighted by Gasteiger charge is 2.02. The number of benzene rings is 1. The van der Waals surface area contributed by atoms with E-state index in [1.54, 1.807) is 24.3 Å². The van der Waals surface area contributed by atoms with Crippen LogP contribution in [0.15, 0.2) is 30.8 Å². The van der Waals surface area contributed by atoms with Gasteiger partial charge in [-0.15, -0.1) is 0 Å². The predicted octanol–water partition coefficient (Wildman–Crippen LogP) is 2.64. The molecule has 0 amide bonds. The van der Waals surface area contributed by atoms with Crippen molar-refractivity contribution in [1.82, 2.24) is 0 Å². The van der Waals surface area contributed by atoms with E-state index in [4.69, 9.17) is 4.74 Å². The molecule has 1 aromatic rings. The molecule has 0 bridgehead atoms. The van der Waals surface area contributed by atoms with Crippen LogP contribution in [0.1, 0.15) is 5.56 Å². The molecule has 0 atom stereocenters. The molecule has 0 heterocycles. The Morgan fingerprint density at radius 3 is 2.55 bits per heavy atom. The average molecular weight is 152 g/mol. The van der Waals surface area contributed by atoms with E-state index in [2.05, 4.69) is 6.58 Å². The maximum atomic E-state index is 12.6. The van der Waals surface area contributed by atoms with Crippen molar-refractivity contribution in [3.63, 3.8) is 0 Å². The van der Waals surface area contributed by atoms with Crippen molar-refractivity contribution in [2.24, 2.45) is 0 Å². The van der Waals surface area contributed by atoms with Gasteiger partial charge in [0.2, 0.25) is 0 Å². The van der Waals surface area contributed by atoms with Gasteiger partial charge in [0.15, 0.2) is 0 Å². The van der Waals surface area contributed by atoms with Gasteiger partial charge < -0.3 is 4.74 Å². The Kier molecular flexibility index (Phi) is 2.26. The fourth-order valence-corrected chi connectivity index (χ4v) is 0.869. The minimum absolute atomic E-state index is 0.412. The number of halogens is 1. The van der Waals surface area contributed by atoms with Crippen molar-refractivity contribution in [1.29, 1.82) is 0 Å². The standard InChI is InChI=1S/C9H9FO/c1-7(10)8-5-3-4-6-9(8)11-2/h3-6H,1H2,2H3. The number of para-hydroxylation sites is 1. The highest BCUT2D eigenvalue weighted by Crippen LogP contribution is 2.24. The first-order valence-electron chi connectivity index (χ1n) is 3.23. The van der Waals surface area contributed by atoms with Gasteiger partial charge in [-0.25, -0.2) is 4.39 Å². The Balaban J connectivity index is 3.12. The van der Waals surface area contributed by atoms with Gasteiger partial charge in [-0.1, -0.05) is 18.7 Å². The van der Waals surface area contributed by atoms with Gasteiger partial charge in [0.1, 0.15) is 11.6 Å². The Morgan fingerprint density at radius 1 is 1.45 bits per heavy atom. The maximum absolute atomic E-state index is 12.6. The zero-order valence-corrected chi connectivity index (χ0v) is 6.30. The molecule has 0 N–H and O–H groups in total. The first kappa shape index (κ1) is 7.79. The summed E-state index contributed by atoms with van der Waals surface area (Å²) in [5.41, 5.74) is 0.412. The summed E-state index contributed by atoms with van der Waals surface area (Å²) in [5.74, 6) is 0.0439. The minimum Gasteiger partial charge on any atom is -0.496 e. The molecule has 2 heteroatoms. The fraction of sp³-hybridized carbons (Fsp3) is 0.111. The third kappa shape index (κ3) is 1.58. The lowest BCUT2D eigenvalue weighted by Crippen LogP contribution is -1.87. The Morgan fingerprint density at radius 2 is 2.09 bits per heavy atom. The minimum atomic E-state index is -0.470. The van der Waals surface area contributed by atoms with E-state index in [1.165, 1.54) is 7.11 Å². The normalized spacial score (nSPS) is 9.27. The topological polar surface area (TPSA) is 9.23 Å². The molecule has 1 nitrogen and oxygen atoms in total. The number of rotatable bonds is 2. The molecule has 11 heavy (non-hydrogen) atoms. The zero-order chi connectivity index (χ0) is 8.27. The summed E-state index contributed by atoms with van der Waals surface area (Å²) < 4.78 is 17.5. The van der Waals surface area contributed by atoms with Crippen molar-refractivity contribution in [2.45, 2.75) is 0 Å². The first-order valence-corrected chi connectivity index (χ1v) is 3.23. The van der Waals surface area contributed by atoms with Crippen LogP contribution in [0.5, 0.6) is 5.75 Å². The summed E-state index contributed by atoms with van der Waals surface area (Å²) in [6.07, 6.45) is 0. The van der Waals surface area contributed by atoms with E-state index in [9.17, 15) is 4.39 Å². The van der Waals surface area contributed by atoms with Crippen LogP contribution in [0.2, 0.25) is 0 Å². The van der Waals surface area contributed by atoms with Crippen molar-refractivity contribution in [2.75, 3.05) is 7.11 Å². The highest BCUT2D eigenvalue weighted by molar-refractivity contribution is 5.62. The SMILES string of the molecule is C=C(F)c1ccccc1OC. The van der Waals surface area contributed by atoms with Crippen LogP contribution in [-0.2, 0) is 0 Å². The molecule has 0 saturated heterocycles. The zero-order valence-electron chi connectivity index (χ0n) is 6.30. The number of methoxy groups -OCH3 is 1. The molecule has 0 spiro atoms. The molecular weight excluding hydrogens is 143 g/mol. The lowest BCUT2D eigenvalue weighted by Gasteiger charge is -2.03. The van der Waals surface area contributed by atoms with Crippen molar-refractivity contribution < 1.29 is 9.13 Å². The van der Waals surface area contributed by atoms with E-state index in [1.807, 2.05) is 0 Å². The quantitative estimate of drug-likeness (QED) is 0.633. The molecular formula is C9H9FO. The monoisotopic (exact) mass is 152 g/mol. The number of hydrogen-bond acceptors (Lipinski definition) is 1. The van der Waals surface area contributed by atoms with E-state index in [-0.39, 0.29) is 0 Å². The summed E-state index contributed by atoms with van der Waals surface area (Å²) in [4.78, 5) is 0. The molecule has 58 valence electrons. The van der Waals surface area contributed by atoms with Gasteiger partial charge >= 0.3 is 0 Å². The Bertz CT molecular complexity index is 268. The highest BCUT2D eigenvalue weighted by atomic mass is 19.1. The smallest absolute Gasteiger partial charge is 0.129 e. The number of ether oxygens (including phenoxy) is 1. The lowest BCUT2D eigenvalue weighted by atomic mass is 10.2. The molecule has 0 unspecified atom stereocenters. The lowest BCUT2D eigenvalue weighted by molar-refractivity contribution is 0.412. The second kappa shape index (κ2) is 3.19. The molecule has 0 aliphatic carbocycles. The van der Waals surface area contributed by atoms with Gasteiger partial charge in [0.05, 0.1) is 12.7 Å². The van der Waals surface area contributed by atoms with Crippen molar-refractivity contribution in [3.8, 4) is 5.75 Å². The largest absolute Gasteiger partial charge is 0.496 e. The Hall–Kier alpha value is -1.31. The average Bonchev–Trinajstić information content (AvgIpc) is 2.04. The van der Waals surface area contributed by atoms with Crippen molar-refractivity contribution in [3.05, 3.63) is 36.4 Å². The van der Waals surface area contributed by atoms with Crippen LogP contribution in [0, 0.1) is 0 Å². The Labute approximate surface area is 65.1 Å². The third-order valence-electron chi connectivity index (χ3n) is 1.40. The van der Waals surface area contributed by atoms with Crippen LogP contribution < -0.4 is 4.74 Å². The van der Waals surface area contributed by atoms with Gasteiger partial charge in [-0.05, 0) is 12.1 Å². The third-order valence-corrected chi connectivity index (χ3v) is 1.40. The van der Waals surface area contributed by atoms with Crippen molar-refractivity contribution >= 4 is 5.83 Å². The van der Waals surface area contributed by atoms with Crippen LogP contribution in [-0.4, -0.2) is 7.11 Å². The van der Waals surface area contributed by atoms with Crippen LogP contribution in [0.25, 0.3) is 5.83 Å². The second-order valence-corrected chi connectivity index (χ2v) is 2.11. The molecule has 1 aromatic carbocycles. The first-order chi connectivity index (χ1) is 5.25. The van der Waals surface area contributed by atoms with Gasteiger partial charge in [-0.3, -0.25) is 0 Å². The van der Waals surface area contributed by atoms with E-state index >= 15 is 0 Å². The molecule has 0 saturated carbocycles. The number of hydrogen-bond donors (Lipinski definition) is 0. The summed E-state index contributed by atoms with van der Waals surface area (Å²) in [6.45, 7) is 3.19. The van der Waals surface area contributed by atoms with E-state index < -0.39 is 5.83 Å². The van der Waals surface area contributed by atoms with Gasteiger partial charge in [0, 0.05) is 0 Å². The van der Waals surface area contributed by atoms with Gasteiger partial charge in [0.25, 0.3) is 0 Å². The molecule has 1 rings (SSSR count). The van der Waals surface area contributed by atoms with Crippen LogP contribution >= 0.6 is 0 Å². The molecule has 0 radical (unpaired) electrons. The molecule has 0 aliphatic rings. The maximum Gasteiger partial charge on any atom is 0.129 e. The predicted molar refractivity (Wildman–Crippen MR) is 43.1 cm³/mol. The molecule has 0 aliphatic heterocycles. The van der Waals surface area contributed by atoms with E-state index in [0.717, 1.165) is 0 Å². The second-order valence-electron chi connectivity index (χ2n) is 2.11. The van der Waals surface area contributed by atoms with Crippen LogP contribution in [0.3, 0.4) is 0 Å². The summed E-state index contributed by atoms with van der Waals surface area (Å²) in [7, 11) is 1.50. The fourth-order valence-electron chi connectivity index (χ4n) is 0.869. The molecule has 0 fully saturated rings. The van der Waals surface area contributed by atoms with Gasteiger partial charge in [-0.2, -0.15) is 0 Å².